The van der Waals surface area contributed by atoms with Crippen LogP contribution in [0.15, 0.2) is 54.9 Å². The molecule has 0 saturated carbocycles. The molecule has 2 N–H and O–H groups in total. The van der Waals surface area contributed by atoms with Crippen LogP contribution in [0.2, 0.25) is 0 Å². The molecular formula is C32H37F4N5O3. The van der Waals surface area contributed by atoms with E-state index in [4.69, 9.17) is 0 Å². The molecule has 2 aromatic carbocycles. The molecule has 1 aromatic heterocycles. The van der Waals surface area contributed by atoms with E-state index >= 15 is 0 Å². The average molecular weight is 616 g/mol. The van der Waals surface area contributed by atoms with Gasteiger partial charge in [-0.2, -0.15) is 13.2 Å². The molecule has 0 bridgehead atoms. The lowest BCUT2D eigenvalue weighted by molar-refractivity contribution is -0.142. The van der Waals surface area contributed by atoms with E-state index in [1.807, 2.05) is 0 Å². The predicted molar refractivity (Wildman–Crippen MR) is 158 cm³/mol. The third-order valence-electron chi connectivity index (χ3n) is 8.79. The second-order valence-corrected chi connectivity index (χ2v) is 12.6. The number of aromatic nitrogens is 2. The van der Waals surface area contributed by atoms with Crippen molar-refractivity contribution in [3.8, 4) is 0 Å². The first-order valence-corrected chi connectivity index (χ1v) is 14.7. The number of nitrogens with one attached hydrogen (secondary N) is 1. The van der Waals surface area contributed by atoms with Crippen LogP contribution >= 0.6 is 0 Å². The van der Waals surface area contributed by atoms with Gasteiger partial charge in [-0.05, 0) is 69.0 Å². The Morgan fingerprint density at radius 1 is 1.02 bits per heavy atom. The van der Waals surface area contributed by atoms with E-state index in [1.165, 1.54) is 24.4 Å². The molecule has 0 spiro atoms. The molecule has 3 aromatic rings. The number of carboxylic acid groups (broad SMARTS) is 1. The van der Waals surface area contributed by atoms with Crippen LogP contribution in [0.25, 0.3) is 0 Å². The van der Waals surface area contributed by atoms with E-state index in [1.54, 1.807) is 27.8 Å². The van der Waals surface area contributed by atoms with E-state index in [9.17, 15) is 32.3 Å². The number of anilines is 2. The number of halogens is 4. The van der Waals surface area contributed by atoms with Gasteiger partial charge in [-0.15, -0.1) is 0 Å². The Labute approximate surface area is 253 Å². The Morgan fingerprint density at radius 3 is 2.32 bits per heavy atom. The number of aliphatic carboxylic acids is 1. The quantitative estimate of drug-likeness (QED) is 0.325. The number of hydrogen-bond donors (Lipinski definition) is 2. The summed E-state index contributed by atoms with van der Waals surface area (Å²) in [6.07, 6.45) is -0.699. The highest BCUT2D eigenvalue weighted by atomic mass is 19.4. The fraction of sp³-hybridized carbons (Fsp3) is 0.469. The van der Waals surface area contributed by atoms with Crippen LogP contribution in [0.1, 0.15) is 56.2 Å². The molecule has 2 saturated heterocycles. The number of nitrogens with zero attached hydrogens (tertiary/aromatic N) is 4. The third kappa shape index (κ3) is 6.90. The molecule has 2 aliphatic heterocycles. The van der Waals surface area contributed by atoms with Gasteiger partial charge in [0.25, 0.3) is 0 Å². The Balaban J connectivity index is 1.38. The van der Waals surface area contributed by atoms with Crippen LogP contribution in [-0.4, -0.2) is 63.2 Å². The van der Waals surface area contributed by atoms with Gasteiger partial charge in [0.05, 0.1) is 23.9 Å². The number of imidazole rings is 1. The van der Waals surface area contributed by atoms with Crippen LogP contribution in [0.4, 0.5) is 29.2 Å². The molecule has 0 aliphatic carbocycles. The third-order valence-corrected chi connectivity index (χ3v) is 8.79. The number of alkyl halides is 3. The van der Waals surface area contributed by atoms with E-state index < -0.39 is 29.5 Å². The summed E-state index contributed by atoms with van der Waals surface area (Å²) in [6.45, 7) is 8.12. The Morgan fingerprint density at radius 2 is 1.70 bits per heavy atom. The van der Waals surface area contributed by atoms with Crippen LogP contribution in [0, 0.1) is 17.7 Å². The molecule has 0 radical (unpaired) electrons. The Kier molecular flexibility index (Phi) is 8.75. The molecule has 2 aliphatic rings. The summed E-state index contributed by atoms with van der Waals surface area (Å²) in [5, 5.41) is 12.3. The topological polar surface area (TPSA) is 90.7 Å². The number of likely N-dealkylation sites (tertiary alicyclic amines) is 1. The minimum atomic E-state index is -4.54. The normalized spacial score (nSPS) is 20.2. The number of benzene rings is 2. The van der Waals surface area contributed by atoms with Crippen molar-refractivity contribution in [2.24, 2.45) is 11.8 Å². The van der Waals surface area contributed by atoms with Gasteiger partial charge in [-0.3, -0.25) is 19.8 Å². The summed E-state index contributed by atoms with van der Waals surface area (Å²) in [4.78, 5) is 33.5. The maximum Gasteiger partial charge on any atom is 0.416 e. The van der Waals surface area contributed by atoms with Crippen LogP contribution in [-0.2, 0) is 22.3 Å². The zero-order chi connectivity index (χ0) is 31.8. The van der Waals surface area contributed by atoms with Crippen molar-refractivity contribution in [1.29, 1.82) is 0 Å². The summed E-state index contributed by atoms with van der Waals surface area (Å²) in [6, 6.07) is 9.77. The molecule has 5 rings (SSSR count). The van der Waals surface area contributed by atoms with E-state index in [2.05, 4.69) is 36.0 Å². The molecule has 8 nitrogen and oxygen atoms in total. The zero-order valence-electron chi connectivity index (χ0n) is 24.9. The van der Waals surface area contributed by atoms with Crippen molar-refractivity contribution in [2.75, 3.05) is 36.4 Å². The van der Waals surface area contributed by atoms with Crippen molar-refractivity contribution in [1.82, 2.24) is 14.5 Å². The fourth-order valence-corrected chi connectivity index (χ4v) is 6.15. The van der Waals surface area contributed by atoms with Crippen molar-refractivity contribution in [3.63, 3.8) is 0 Å². The molecular weight excluding hydrogens is 578 g/mol. The molecule has 3 heterocycles. The van der Waals surface area contributed by atoms with Crippen LogP contribution in [0.3, 0.4) is 0 Å². The number of carboxylic acids is 1. The highest BCUT2D eigenvalue weighted by Gasteiger charge is 2.42. The van der Waals surface area contributed by atoms with Crippen LogP contribution in [0.5, 0.6) is 0 Å². The zero-order valence-corrected chi connectivity index (χ0v) is 24.9. The maximum atomic E-state index is 13.7. The van der Waals surface area contributed by atoms with Crippen LogP contribution < -0.4 is 10.2 Å². The second kappa shape index (κ2) is 12.2. The summed E-state index contributed by atoms with van der Waals surface area (Å²) in [7, 11) is 0. The Bertz CT molecular complexity index is 1490. The lowest BCUT2D eigenvalue weighted by Gasteiger charge is -2.34. The Hall–Kier alpha value is -3.93. The number of hydrogen-bond acceptors (Lipinski definition) is 5. The van der Waals surface area contributed by atoms with Crippen molar-refractivity contribution < 1.29 is 32.3 Å². The first-order valence-electron chi connectivity index (χ1n) is 14.7. The van der Waals surface area contributed by atoms with Gasteiger partial charge in [0.2, 0.25) is 11.9 Å². The molecule has 1 unspecified atom stereocenters. The van der Waals surface area contributed by atoms with Crippen molar-refractivity contribution in [2.45, 2.75) is 57.8 Å². The van der Waals surface area contributed by atoms with Crippen molar-refractivity contribution >= 4 is 23.5 Å². The monoisotopic (exact) mass is 615 g/mol. The van der Waals surface area contributed by atoms with Gasteiger partial charge >= 0.3 is 12.1 Å². The molecule has 44 heavy (non-hydrogen) atoms. The number of amides is 1. The summed E-state index contributed by atoms with van der Waals surface area (Å²) in [5.74, 6) is -2.38. The average Bonchev–Trinajstić information content (AvgIpc) is 3.61. The van der Waals surface area contributed by atoms with Gasteiger partial charge in [0, 0.05) is 55.7 Å². The fourth-order valence-electron chi connectivity index (χ4n) is 6.15. The summed E-state index contributed by atoms with van der Waals surface area (Å²) >= 11 is 0. The summed E-state index contributed by atoms with van der Waals surface area (Å²) in [5.41, 5.74) is 0.853. The SMILES string of the molecule is CC(C)(C)N1CC(C(=O)Nc2nccn2Cc2ccc(C(F)(F)F)cc2N2CCC(C(=O)O)CC2)[C@H](c2ccc(F)cc2)C1. The van der Waals surface area contributed by atoms with E-state index in [-0.39, 0.29) is 35.7 Å². The largest absolute Gasteiger partial charge is 0.481 e. The number of carbonyl (C=O) groups excluding carboxylic acids is 1. The first-order chi connectivity index (χ1) is 20.7. The minimum absolute atomic E-state index is 0.141. The number of rotatable bonds is 7. The lowest BCUT2D eigenvalue weighted by atomic mass is 9.88. The molecule has 12 heteroatoms. The molecule has 2 atom stereocenters. The number of piperidine rings is 1. The van der Waals surface area contributed by atoms with Gasteiger partial charge in [0.1, 0.15) is 5.82 Å². The standard InChI is InChI=1S/C32H37F4N5O3/c1-31(2,3)41-18-25(20-5-8-24(33)9-6-20)26(19-41)28(42)38-30-37-12-15-40(30)17-22-4-7-23(32(34,35)36)16-27(22)39-13-10-21(11-14-39)29(43)44/h4-9,12,15-16,21,25-26H,10-11,13-14,17-19H2,1-3H3,(H,43,44)(H,37,38,42)/t25-,26?/m0/s1. The van der Waals surface area contributed by atoms with Crippen molar-refractivity contribution in [3.05, 3.63) is 77.4 Å². The summed E-state index contributed by atoms with van der Waals surface area (Å²) < 4.78 is 56.3. The van der Waals surface area contributed by atoms with Gasteiger partial charge in [-0.1, -0.05) is 18.2 Å². The van der Waals surface area contributed by atoms with Gasteiger partial charge < -0.3 is 14.6 Å². The van der Waals surface area contributed by atoms with E-state index in [0.717, 1.165) is 17.7 Å². The highest BCUT2D eigenvalue weighted by Crippen LogP contribution is 2.38. The first kappa shape index (κ1) is 31.5. The van der Waals surface area contributed by atoms with Gasteiger partial charge in [0.15, 0.2) is 0 Å². The molecule has 236 valence electrons. The lowest BCUT2D eigenvalue weighted by Crippen LogP contribution is -2.40. The second-order valence-electron chi connectivity index (χ2n) is 12.6. The van der Waals surface area contributed by atoms with Gasteiger partial charge in [-0.25, -0.2) is 9.37 Å². The minimum Gasteiger partial charge on any atom is -0.481 e. The maximum absolute atomic E-state index is 13.7. The van der Waals surface area contributed by atoms with E-state index in [0.29, 0.717) is 50.3 Å². The molecule has 2 fully saturated rings. The smallest absolute Gasteiger partial charge is 0.416 e. The highest BCUT2D eigenvalue weighted by molar-refractivity contribution is 5.92. The predicted octanol–water partition coefficient (Wildman–Crippen LogP) is 5.84. The molecule has 1 amide bonds. The number of carbonyl (C=O) groups is 2.